The van der Waals surface area contributed by atoms with Crippen molar-refractivity contribution in [3.05, 3.63) is 71.8 Å². The van der Waals surface area contributed by atoms with Crippen molar-refractivity contribution in [3.8, 4) is 0 Å². The first kappa shape index (κ1) is 19.5. The molecule has 0 N–H and O–H groups in total. The monoisotopic (exact) mass is 370 g/mol. The first-order chi connectivity index (χ1) is 13.2. The van der Waals surface area contributed by atoms with Gasteiger partial charge in [0.05, 0.1) is 38.4 Å². The molecule has 2 aromatic carbocycles. The Balaban J connectivity index is 1.60. The van der Waals surface area contributed by atoms with E-state index in [1.54, 1.807) is 6.92 Å². The summed E-state index contributed by atoms with van der Waals surface area (Å²) in [5.74, 6) is -0.250. The summed E-state index contributed by atoms with van der Waals surface area (Å²) in [6, 6.07) is 19.8. The standard InChI is InChI=1S/C22H26O5/c1-2-25-21(23)14-19-13-20(16-24-15-17-9-5-3-6-10-17)27-22(26-19)18-11-7-4-8-12-18/h3-12,19-20,22H,2,13-16H2,1H3/t19-,20+,22?/m1/s1. The summed E-state index contributed by atoms with van der Waals surface area (Å²) in [7, 11) is 0. The van der Waals surface area contributed by atoms with Gasteiger partial charge in [0, 0.05) is 12.0 Å². The number of carbonyl (C=O) groups is 1. The van der Waals surface area contributed by atoms with Gasteiger partial charge in [0.25, 0.3) is 0 Å². The Hall–Kier alpha value is -2.21. The molecule has 1 saturated heterocycles. The Kier molecular flexibility index (Phi) is 7.39. The van der Waals surface area contributed by atoms with Crippen molar-refractivity contribution in [2.75, 3.05) is 13.2 Å². The van der Waals surface area contributed by atoms with Gasteiger partial charge in [-0.05, 0) is 12.5 Å². The van der Waals surface area contributed by atoms with Gasteiger partial charge in [-0.1, -0.05) is 60.7 Å². The van der Waals surface area contributed by atoms with Crippen LogP contribution in [0.2, 0.25) is 0 Å². The maximum absolute atomic E-state index is 11.9. The first-order valence-corrected chi connectivity index (χ1v) is 9.37. The normalized spacial score (nSPS) is 22.3. The van der Waals surface area contributed by atoms with E-state index in [2.05, 4.69) is 0 Å². The van der Waals surface area contributed by atoms with Crippen LogP contribution in [0.3, 0.4) is 0 Å². The number of carbonyl (C=O) groups excluding carboxylic acids is 1. The van der Waals surface area contributed by atoms with Crippen LogP contribution in [0.15, 0.2) is 60.7 Å². The Morgan fingerprint density at radius 1 is 1.00 bits per heavy atom. The van der Waals surface area contributed by atoms with E-state index in [0.29, 0.717) is 26.2 Å². The summed E-state index contributed by atoms with van der Waals surface area (Å²) >= 11 is 0. The summed E-state index contributed by atoms with van der Waals surface area (Å²) in [5, 5.41) is 0. The highest BCUT2D eigenvalue weighted by Crippen LogP contribution is 2.31. The Morgan fingerprint density at radius 2 is 1.67 bits per heavy atom. The number of rotatable bonds is 8. The molecule has 1 unspecified atom stereocenters. The molecular weight excluding hydrogens is 344 g/mol. The number of ether oxygens (including phenoxy) is 4. The van der Waals surface area contributed by atoms with Crippen molar-refractivity contribution in [2.24, 2.45) is 0 Å². The van der Waals surface area contributed by atoms with Crippen molar-refractivity contribution >= 4 is 5.97 Å². The second kappa shape index (κ2) is 10.2. The zero-order chi connectivity index (χ0) is 18.9. The fourth-order valence-electron chi connectivity index (χ4n) is 3.08. The average Bonchev–Trinajstić information content (AvgIpc) is 2.69. The molecular formula is C22H26O5. The van der Waals surface area contributed by atoms with Crippen LogP contribution < -0.4 is 0 Å². The molecule has 1 aliphatic heterocycles. The van der Waals surface area contributed by atoms with Crippen LogP contribution in [0, 0.1) is 0 Å². The van der Waals surface area contributed by atoms with Gasteiger partial charge in [0.1, 0.15) is 0 Å². The fourth-order valence-corrected chi connectivity index (χ4v) is 3.08. The Bertz CT molecular complexity index is 688. The molecule has 2 aromatic rings. The van der Waals surface area contributed by atoms with Crippen LogP contribution in [-0.2, 0) is 30.3 Å². The first-order valence-electron chi connectivity index (χ1n) is 9.37. The molecule has 3 atom stereocenters. The van der Waals surface area contributed by atoms with Crippen LogP contribution in [0.5, 0.6) is 0 Å². The maximum Gasteiger partial charge on any atom is 0.308 e. The summed E-state index contributed by atoms with van der Waals surface area (Å²) in [6.45, 7) is 3.14. The Labute approximate surface area is 160 Å². The van der Waals surface area contributed by atoms with Crippen LogP contribution in [0.1, 0.15) is 37.2 Å². The van der Waals surface area contributed by atoms with Gasteiger partial charge in [0.15, 0.2) is 6.29 Å². The van der Waals surface area contributed by atoms with Gasteiger partial charge in [-0.2, -0.15) is 0 Å². The smallest absolute Gasteiger partial charge is 0.308 e. The van der Waals surface area contributed by atoms with E-state index in [1.807, 2.05) is 60.7 Å². The van der Waals surface area contributed by atoms with Crippen molar-refractivity contribution in [3.63, 3.8) is 0 Å². The van der Waals surface area contributed by atoms with E-state index < -0.39 is 6.29 Å². The van der Waals surface area contributed by atoms with Crippen LogP contribution in [0.4, 0.5) is 0 Å². The van der Waals surface area contributed by atoms with E-state index in [-0.39, 0.29) is 24.6 Å². The third-order valence-electron chi connectivity index (χ3n) is 4.34. The fraction of sp³-hybridized carbons (Fsp3) is 0.409. The SMILES string of the molecule is CCOC(=O)C[C@H]1C[C@@H](COCc2ccccc2)OC(c2ccccc2)O1. The quantitative estimate of drug-likeness (QED) is 0.657. The lowest BCUT2D eigenvalue weighted by molar-refractivity contribution is -0.257. The number of benzene rings is 2. The number of hydrogen-bond donors (Lipinski definition) is 0. The summed E-state index contributed by atoms with van der Waals surface area (Å²) in [4.78, 5) is 11.9. The zero-order valence-electron chi connectivity index (χ0n) is 15.6. The van der Waals surface area contributed by atoms with Gasteiger partial charge in [-0.25, -0.2) is 0 Å². The van der Waals surface area contributed by atoms with Crippen molar-refractivity contribution in [1.82, 2.24) is 0 Å². The molecule has 144 valence electrons. The van der Waals surface area contributed by atoms with E-state index in [0.717, 1.165) is 11.1 Å². The maximum atomic E-state index is 11.9. The highest BCUT2D eigenvalue weighted by molar-refractivity contribution is 5.69. The van der Waals surface area contributed by atoms with Crippen LogP contribution in [0.25, 0.3) is 0 Å². The van der Waals surface area contributed by atoms with Crippen LogP contribution >= 0.6 is 0 Å². The molecule has 0 saturated carbocycles. The molecule has 0 aromatic heterocycles. The molecule has 0 radical (unpaired) electrons. The lowest BCUT2D eigenvalue weighted by Crippen LogP contribution is -2.37. The molecule has 0 spiro atoms. The van der Waals surface area contributed by atoms with Gasteiger partial charge in [-0.3, -0.25) is 4.79 Å². The molecule has 3 rings (SSSR count). The second-order valence-electron chi connectivity index (χ2n) is 6.50. The third-order valence-corrected chi connectivity index (χ3v) is 4.34. The predicted molar refractivity (Wildman–Crippen MR) is 101 cm³/mol. The van der Waals surface area contributed by atoms with E-state index >= 15 is 0 Å². The lowest BCUT2D eigenvalue weighted by atomic mass is 10.1. The van der Waals surface area contributed by atoms with Crippen molar-refractivity contribution in [2.45, 2.75) is 44.9 Å². The predicted octanol–water partition coefficient (Wildman–Crippen LogP) is 4.03. The number of hydrogen-bond acceptors (Lipinski definition) is 5. The molecule has 0 aliphatic carbocycles. The van der Waals surface area contributed by atoms with Crippen LogP contribution in [-0.4, -0.2) is 31.4 Å². The topological polar surface area (TPSA) is 54.0 Å². The molecule has 1 heterocycles. The van der Waals surface area contributed by atoms with E-state index in [4.69, 9.17) is 18.9 Å². The molecule has 27 heavy (non-hydrogen) atoms. The summed E-state index contributed by atoms with van der Waals surface area (Å²) in [5.41, 5.74) is 2.05. The molecule has 1 aliphatic rings. The van der Waals surface area contributed by atoms with Crippen molar-refractivity contribution < 1.29 is 23.7 Å². The zero-order valence-corrected chi connectivity index (χ0v) is 15.6. The minimum atomic E-state index is -0.510. The van der Waals surface area contributed by atoms with Crippen molar-refractivity contribution in [1.29, 1.82) is 0 Å². The minimum Gasteiger partial charge on any atom is -0.466 e. The highest BCUT2D eigenvalue weighted by atomic mass is 16.7. The summed E-state index contributed by atoms with van der Waals surface area (Å²) < 4.78 is 23.0. The molecule has 0 bridgehead atoms. The van der Waals surface area contributed by atoms with E-state index in [9.17, 15) is 4.79 Å². The summed E-state index contributed by atoms with van der Waals surface area (Å²) in [6.07, 6.45) is -0.0998. The third kappa shape index (κ3) is 6.17. The minimum absolute atomic E-state index is 0.146. The molecule has 0 amide bonds. The number of esters is 1. The van der Waals surface area contributed by atoms with E-state index in [1.165, 1.54) is 0 Å². The lowest BCUT2D eigenvalue weighted by Gasteiger charge is -2.35. The average molecular weight is 370 g/mol. The van der Waals surface area contributed by atoms with Gasteiger partial charge in [-0.15, -0.1) is 0 Å². The molecule has 5 nitrogen and oxygen atoms in total. The molecule has 1 fully saturated rings. The van der Waals surface area contributed by atoms with Gasteiger partial charge in [0.2, 0.25) is 0 Å². The second-order valence-corrected chi connectivity index (χ2v) is 6.50. The van der Waals surface area contributed by atoms with Gasteiger partial charge < -0.3 is 18.9 Å². The molecule has 5 heteroatoms. The van der Waals surface area contributed by atoms with Gasteiger partial charge >= 0.3 is 5.97 Å². The highest BCUT2D eigenvalue weighted by Gasteiger charge is 2.32. The largest absolute Gasteiger partial charge is 0.466 e. The Morgan fingerprint density at radius 3 is 2.37 bits per heavy atom.